The third-order valence-corrected chi connectivity index (χ3v) is 5.62. The van der Waals surface area contributed by atoms with Crippen LogP contribution in [0.25, 0.3) is 10.4 Å². The summed E-state index contributed by atoms with van der Waals surface area (Å²) in [6.07, 6.45) is 0.304. The Labute approximate surface area is 148 Å². The van der Waals surface area contributed by atoms with Crippen LogP contribution in [-0.2, 0) is 16.0 Å². The lowest BCUT2D eigenvalue weighted by molar-refractivity contribution is -0.135. The average Bonchev–Trinajstić information content (AvgIpc) is 2.58. The first-order valence-corrected chi connectivity index (χ1v) is 8.82. The molecule has 2 atom stereocenters. The van der Waals surface area contributed by atoms with Crippen LogP contribution in [0, 0.1) is 0 Å². The molecule has 0 radical (unpaired) electrons. The summed E-state index contributed by atoms with van der Waals surface area (Å²) >= 11 is 1.56. The number of fused-ring (bicyclic) bond motifs is 1. The smallest absolute Gasteiger partial charge is 0.352 e. The molecule has 0 bridgehead atoms. The molecule has 25 heavy (non-hydrogen) atoms. The van der Waals surface area contributed by atoms with Crippen molar-refractivity contribution in [3.8, 4) is 0 Å². The molecule has 1 fully saturated rings. The molecule has 2 aliphatic rings. The zero-order chi connectivity index (χ0) is 17.8. The zero-order valence-electron chi connectivity index (χ0n) is 13.3. The molecule has 2 N–H and O–H groups in total. The van der Waals surface area contributed by atoms with Gasteiger partial charge in [0, 0.05) is 17.2 Å². The SMILES string of the molecule is [N-]=[N+]=NCC1=C(C(=O)O)N2CC(NC(=O)Cc3ccccc3)C2SC1. The van der Waals surface area contributed by atoms with E-state index in [1.807, 2.05) is 30.3 Å². The van der Waals surface area contributed by atoms with E-state index in [1.165, 1.54) is 0 Å². The number of carbonyl (C=O) groups is 2. The highest BCUT2D eigenvalue weighted by molar-refractivity contribution is 8.00. The molecule has 1 amide bonds. The number of azide groups is 1. The van der Waals surface area contributed by atoms with E-state index in [9.17, 15) is 14.7 Å². The summed E-state index contributed by atoms with van der Waals surface area (Å²) in [4.78, 5) is 28.2. The number of thioether (sulfide) groups is 1. The number of rotatable bonds is 6. The number of aliphatic carboxylic acids is 1. The second-order valence-corrected chi connectivity index (χ2v) is 6.94. The number of hydrogen-bond acceptors (Lipinski definition) is 5. The Morgan fingerprint density at radius 3 is 2.84 bits per heavy atom. The van der Waals surface area contributed by atoms with Crippen molar-refractivity contribution < 1.29 is 14.7 Å². The topological polar surface area (TPSA) is 118 Å². The highest BCUT2D eigenvalue weighted by Crippen LogP contribution is 2.39. The number of nitrogens with zero attached hydrogens (tertiary/aromatic N) is 4. The fourth-order valence-corrected chi connectivity index (χ4v) is 4.39. The van der Waals surface area contributed by atoms with Crippen LogP contribution >= 0.6 is 11.8 Å². The highest BCUT2D eigenvalue weighted by atomic mass is 32.2. The van der Waals surface area contributed by atoms with Crippen LogP contribution in [0.2, 0.25) is 0 Å². The van der Waals surface area contributed by atoms with Gasteiger partial charge in [0.05, 0.1) is 24.4 Å². The minimum atomic E-state index is -1.03. The van der Waals surface area contributed by atoms with E-state index in [2.05, 4.69) is 15.3 Å². The second-order valence-electron chi connectivity index (χ2n) is 5.84. The monoisotopic (exact) mass is 359 g/mol. The van der Waals surface area contributed by atoms with Gasteiger partial charge in [-0.25, -0.2) is 4.79 Å². The third kappa shape index (κ3) is 3.72. The van der Waals surface area contributed by atoms with Crippen molar-refractivity contribution in [2.75, 3.05) is 18.8 Å². The molecular formula is C16H17N5O3S. The molecule has 1 aromatic carbocycles. The number of carboxylic acids is 1. The molecule has 0 saturated carbocycles. The zero-order valence-corrected chi connectivity index (χ0v) is 14.1. The van der Waals surface area contributed by atoms with Gasteiger partial charge in [0.1, 0.15) is 5.70 Å². The Hall–Kier alpha value is -2.64. The standard InChI is InChI=1S/C16H17N5O3S/c17-20-18-7-11-9-25-15-12(8-21(15)14(11)16(23)24)19-13(22)6-10-4-2-1-3-5-10/h1-5,12,15H,6-9H2,(H,19,22)(H,23,24). The lowest BCUT2D eigenvalue weighted by atomic mass is 10.0. The highest BCUT2D eigenvalue weighted by Gasteiger charge is 2.46. The van der Waals surface area contributed by atoms with Gasteiger partial charge in [0.2, 0.25) is 5.91 Å². The molecule has 0 spiro atoms. The number of amides is 1. The number of carboxylic acid groups (broad SMARTS) is 1. The molecule has 8 nitrogen and oxygen atoms in total. The predicted molar refractivity (Wildman–Crippen MR) is 93.7 cm³/mol. The van der Waals surface area contributed by atoms with Gasteiger partial charge in [0.25, 0.3) is 0 Å². The van der Waals surface area contributed by atoms with Gasteiger partial charge in [-0.2, -0.15) is 0 Å². The maximum absolute atomic E-state index is 12.2. The van der Waals surface area contributed by atoms with Crippen molar-refractivity contribution >= 4 is 23.6 Å². The fourth-order valence-electron chi connectivity index (χ4n) is 3.03. The summed E-state index contributed by atoms with van der Waals surface area (Å²) in [5, 5.41) is 15.8. The van der Waals surface area contributed by atoms with E-state index in [4.69, 9.17) is 5.53 Å². The molecule has 9 heteroatoms. The molecule has 0 aliphatic carbocycles. The molecule has 3 rings (SSSR count). The lowest BCUT2D eigenvalue weighted by Crippen LogP contribution is -2.66. The Morgan fingerprint density at radius 2 is 2.16 bits per heavy atom. The number of carbonyl (C=O) groups excluding carboxylic acids is 1. The van der Waals surface area contributed by atoms with E-state index >= 15 is 0 Å². The van der Waals surface area contributed by atoms with Crippen LogP contribution in [0.1, 0.15) is 5.56 Å². The van der Waals surface area contributed by atoms with Crippen LogP contribution in [0.3, 0.4) is 0 Å². The predicted octanol–water partition coefficient (Wildman–Crippen LogP) is 1.75. The molecule has 2 aliphatic heterocycles. The number of nitrogens with one attached hydrogen (secondary N) is 1. The summed E-state index contributed by atoms with van der Waals surface area (Å²) < 4.78 is 0. The summed E-state index contributed by atoms with van der Waals surface area (Å²) in [6.45, 7) is 0.499. The van der Waals surface area contributed by atoms with Crippen LogP contribution in [0.4, 0.5) is 0 Å². The van der Waals surface area contributed by atoms with Crippen molar-refractivity contribution in [2.45, 2.75) is 17.8 Å². The normalized spacial score (nSPS) is 21.7. The van der Waals surface area contributed by atoms with Crippen molar-refractivity contribution in [3.63, 3.8) is 0 Å². The third-order valence-electron chi connectivity index (χ3n) is 4.18. The summed E-state index contributed by atoms with van der Waals surface area (Å²) in [6, 6.07) is 9.39. The maximum Gasteiger partial charge on any atom is 0.352 e. The Kier molecular flexibility index (Phi) is 5.16. The van der Waals surface area contributed by atoms with Gasteiger partial charge >= 0.3 is 5.97 Å². The first kappa shape index (κ1) is 17.2. The van der Waals surface area contributed by atoms with Crippen molar-refractivity contribution in [2.24, 2.45) is 5.11 Å². The van der Waals surface area contributed by atoms with Crippen molar-refractivity contribution in [3.05, 3.63) is 57.6 Å². The van der Waals surface area contributed by atoms with Crippen LogP contribution in [0.5, 0.6) is 0 Å². The van der Waals surface area contributed by atoms with E-state index in [0.29, 0.717) is 24.3 Å². The quantitative estimate of drug-likeness (QED) is 0.456. The van der Waals surface area contributed by atoms with Gasteiger partial charge < -0.3 is 15.3 Å². The average molecular weight is 359 g/mol. The Morgan fingerprint density at radius 1 is 1.40 bits per heavy atom. The van der Waals surface area contributed by atoms with Gasteiger partial charge in [-0.05, 0) is 16.7 Å². The van der Waals surface area contributed by atoms with Gasteiger partial charge in [0.15, 0.2) is 0 Å². The molecule has 2 heterocycles. The first-order chi connectivity index (χ1) is 12.1. The van der Waals surface area contributed by atoms with Crippen molar-refractivity contribution in [1.82, 2.24) is 10.2 Å². The Balaban J connectivity index is 1.62. The molecular weight excluding hydrogens is 342 g/mol. The van der Waals surface area contributed by atoms with Gasteiger partial charge in [-0.15, -0.1) is 11.8 Å². The van der Waals surface area contributed by atoms with E-state index in [1.54, 1.807) is 16.7 Å². The maximum atomic E-state index is 12.2. The van der Waals surface area contributed by atoms with Gasteiger partial charge in [-0.3, -0.25) is 4.79 Å². The molecule has 1 aromatic rings. The molecule has 1 saturated heterocycles. The summed E-state index contributed by atoms with van der Waals surface area (Å²) in [7, 11) is 0. The van der Waals surface area contributed by atoms with E-state index in [-0.39, 0.29) is 29.6 Å². The number of benzene rings is 1. The van der Waals surface area contributed by atoms with E-state index in [0.717, 1.165) is 5.56 Å². The van der Waals surface area contributed by atoms with Crippen LogP contribution in [0.15, 0.2) is 46.7 Å². The minimum Gasteiger partial charge on any atom is -0.477 e. The minimum absolute atomic E-state index is 0.0549. The summed E-state index contributed by atoms with van der Waals surface area (Å²) in [5.41, 5.74) is 10.2. The first-order valence-electron chi connectivity index (χ1n) is 7.78. The largest absolute Gasteiger partial charge is 0.477 e. The van der Waals surface area contributed by atoms with Crippen LogP contribution < -0.4 is 5.32 Å². The summed E-state index contributed by atoms with van der Waals surface area (Å²) in [5.74, 6) is -0.618. The molecule has 0 aromatic heterocycles. The van der Waals surface area contributed by atoms with E-state index < -0.39 is 5.97 Å². The molecule has 130 valence electrons. The second kappa shape index (κ2) is 7.50. The van der Waals surface area contributed by atoms with Crippen LogP contribution in [-0.4, -0.2) is 52.1 Å². The van der Waals surface area contributed by atoms with Gasteiger partial charge in [-0.1, -0.05) is 35.4 Å². The lowest BCUT2D eigenvalue weighted by Gasteiger charge is -2.52. The van der Waals surface area contributed by atoms with Crippen molar-refractivity contribution in [1.29, 1.82) is 0 Å². The fraction of sp³-hybridized carbons (Fsp3) is 0.375. The molecule has 2 unspecified atom stereocenters. The number of hydrogen-bond donors (Lipinski definition) is 2. The Bertz CT molecular complexity index is 760.